The van der Waals surface area contributed by atoms with Crippen LogP contribution >= 0.6 is 0 Å². The topological polar surface area (TPSA) is 80.9 Å². The molecule has 4 aliphatic rings. The number of hydrogen-bond acceptors (Lipinski definition) is 5. The Bertz CT molecular complexity index is 1020. The Kier molecular flexibility index (Phi) is 5.13. The highest BCUT2D eigenvalue weighted by Crippen LogP contribution is 2.64. The number of ketones is 1. The molecule has 0 radical (unpaired) electrons. The van der Waals surface area contributed by atoms with Crippen LogP contribution in [0.3, 0.4) is 0 Å². The SMILES string of the molecule is CC12CCC3C4CCC(O)(CF)CC4CCC3C1CCC2C(=O)Cn1nc2ccncc2n1. The van der Waals surface area contributed by atoms with Gasteiger partial charge in [-0.25, -0.2) is 4.39 Å². The second kappa shape index (κ2) is 7.82. The maximum absolute atomic E-state index is 13.5. The lowest BCUT2D eigenvalue weighted by Crippen LogP contribution is -2.52. The molecule has 2 aromatic heterocycles. The van der Waals surface area contributed by atoms with Crippen molar-refractivity contribution in [1.82, 2.24) is 20.0 Å². The van der Waals surface area contributed by atoms with Gasteiger partial charge in [0.15, 0.2) is 5.78 Å². The van der Waals surface area contributed by atoms with Crippen molar-refractivity contribution >= 4 is 16.8 Å². The number of pyridine rings is 1. The summed E-state index contributed by atoms with van der Waals surface area (Å²) in [7, 11) is 0. The van der Waals surface area contributed by atoms with Gasteiger partial charge >= 0.3 is 0 Å². The zero-order chi connectivity index (χ0) is 22.8. The molecule has 0 saturated heterocycles. The van der Waals surface area contributed by atoms with E-state index in [0.29, 0.717) is 42.4 Å². The van der Waals surface area contributed by atoms with Crippen LogP contribution in [0.5, 0.6) is 0 Å². The summed E-state index contributed by atoms with van der Waals surface area (Å²) in [6, 6.07) is 1.83. The van der Waals surface area contributed by atoms with Crippen LogP contribution in [-0.4, -0.2) is 43.1 Å². The van der Waals surface area contributed by atoms with Crippen molar-refractivity contribution in [3.8, 4) is 0 Å². The first-order chi connectivity index (χ1) is 15.9. The number of halogens is 1. The van der Waals surface area contributed by atoms with E-state index in [1.54, 1.807) is 17.2 Å². The molecule has 0 spiro atoms. The molecule has 1 N–H and O–H groups in total. The molecule has 8 unspecified atom stereocenters. The smallest absolute Gasteiger partial charge is 0.159 e. The highest BCUT2D eigenvalue weighted by molar-refractivity contribution is 5.82. The molecule has 6 rings (SSSR count). The molecular formula is C26H35FN4O2. The van der Waals surface area contributed by atoms with Crippen LogP contribution in [0.2, 0.25) is 0 Å². The summed E-state index contributed by atoms with van der Waals surface area (Å²) in [6.45, 7) is 2.00. The van der Waals surface area contributed by atoms with E-state index in [9.17, 15) is 14.3 Å². The van der Waals surface area contributed by atoms with Crippen molar-refractivity contribution < 1.29 is 14.3 Å². The fraction of sp³-hybridized carbons (Fsp3) is 0.769. The Hall–Kier alpha value is -1.89. The molecule has 2 heterocycles. The number of aliphatic hydroxyl groups is 1. The van der Waals surface area contributed by atoms with E-state index in [2.05, 4.69) is 22.1 Å². The molecule has 33 heavy (non-hydrogen) atoms. The van der Waals surface area contributed by atoms with Gasteiger partial charge in [0.2, 0.25) is 0 Å². The first-order valence-electron chi connectivity index (χ1n) is 12.9. The Morgan fingerprint density at radius 2 is 1.91 bits per heavy atom. The number of aromatic nitrogens is 4. The van der Waals surface area contributed by atoms with Crippen LogP contribution in [0.25, 0.3) is 11.0 Å². The Labute approximate surface area is 194 Å². The molecule has 7 heteroatoms. The molecule has 178 valence electrons. The summed E-state index contributed by atoms with van der Waals surface area (Å²) in [6.07, 6.45) is 12.3. The monoisotopic (exact) mass is 454 g/mol. The number of alkyl halides is 1. The maximum Gasteiger partial charge on any atom is 0.159 e. The quantitative estimate of drug-likeness (QED) is 0.742. The third kappa shape index (κ3) is 3.44. The van der Waals surface area contributed by atoms with Crippen molar-refractivity contribution in [2.75, 3.05) is 6.67 Å². The van der Waals surface area contributed by atoms with Gasteiger partial charge in [0.1, 0.15) is 24.3 Å². The lowest BCUT2D eigenvalue weighted by molar-refractivity contribution is -0.134. The molecule has 6 nitrogen and oxygen atoms in total. The van der Waals surface area contributed by atoms with Gasteiger partial charge in [-0.3, -0.25) is 9.78 Å². The van der Waals surface area contributed by atoms with Gasteiger partial charge in [-0.05, 0) is 98.9 Å². The summed E-state index contributed by atoms with van der Waals surface area (Å²) in [5.41, 5.74) is 0.486. The van der Waals surface area contributed by atoms with E-state index >= 15 is 0 Å². The van der Waals surface area contributed by atoms with E-state index in [1.807, 2.05) is 6.07 Å². The zero-order valence-corrected chi connectivity index (χ0v) is 19.5. The molecular weight excluding hydrogens is 419 g/mol. The number of hydrogen-bond donors (Lipinski definition) is 1. The number of nitrogens with zero attached hydrogens (tertiary/aromatic N) is 4. The normalized spacial score (nSPS) is 42.5. The highest BCUT2D eigenvalue weighted by Gasteiger charge is 2.59. The maximum atomic E-state index is 13.5. The van der Waals surface area contributed by atoms with Crippen LogP contribution in [0.4, 0.5) is 4.39 Å². The van der Waals surface area contributed by atoms with E-state index in [-0.39, 0.29) is 23.7 Å². The lowest BCUT2D eigenvalue weighted by Gasteiger charge is -2.56. The molecule has 2 aromatic rings. The number of carbonyl (C=O) groups is 1. The van der Waals surface area contributed by atoms with E-state index in [0.717, 1.165) is 43.1 Å². The molecule has 0 aromatic carbocycles. The van der Waals surface area contributed by atoms with Crippen molar-refractivity contribution in [2.24, 2.45) is 40.9 Å². The Balaban J connectivity index is 1.17. The van der Waals surface area contributed by atoms with Gasteiger partial charge in [0, 0.05) is 12.1 Å². The highest BCUT2D eigenvalue weighted by atomic mass is 19.1. The standard InChI is InChI=1S/C26H35FN4O2/c1-25-9-6-18-17-7-10-26(33,15-27)12-16(17)2-3-19(18)20(25)4-5-21(25)24(32)14-31-29-22-8-11-28-13-23(22)30-31/h8,11,13,16-21,33H,2-7,9-10,12,14-15H2,1H3. The zero-order valence-electron chi connectivity index (χ0n) is 19.5. The van der Waals surface area contributed by atoms with Gasteiger partial charge in [0.05, 0.1) is 11.8 Å². The van der Waals surface area contributed by atoms with Crippen molar-refractivity contribution in [2.45, 2.75) is 76.9 Å². The molecule has 4 fully saturated rings. The molecule has 4 aliphatic carbocycles. The van der Waals surface area contributed by atoms with Crippen LogP contribution < -0.4 is 0 Å². The summed E-state index contributed by atoms with van der Waals surface area (Å²) in [5, 5.41) is 19.5. The average molecular weight is 455 g/mol. The third-order valence-corrected chi connectivity index (χ3v) is 10.3. The fourth-order valence-electron chi connectivity index (χ4n) is 8.74. The number of carbonyl (C=O) groups excluding carboxylic acids is 1. The minimum atomic E-state index is -1.08. The van der Waals surface area contributed by atoms with E-state index in [1.165, 1.54) is 12.8 Å². The molecule has 8 atom stereocenters. The molecule has 4 saturated carbocycles. The first-order valence-corrected chi connectivity index (χ1v) is 12.9. The average Bonchev–Trinajstić information content (AvgIpc) is 3.38. The molecule has 0 bridgehead atoms. The first kappa shape index (κ1) is 21.6. The predicted octanol–water partition coefficient (Wildman–Crippen LogP) is 4.36. The molecule has 0 amide bonds. The minimum Gasteiger partial charge on any atom is -0.387 e. The van der Waals surface area contributed by atoms with Crippen molar-refractivity contribution in [3.63, 3.8) is 0 Å². The minimum absolute atomic E-state index is 0.0631. The number of rotatable bonds is 4. The van der Waals surface area contributed by atoms with Gasteiger partial charge in [-0.15, -0.1) is 0 Å². The summed E-state index contributed by atoms with van der Waals surface area (Å²) < 4.78 is 13.4. The summed E-state index contributed by atoms with van der Waals surface area (Å²) in [5.74, 6) is 3.41. The van der Waals surface area contributed by atoms with Crippen LogP contribution in [0.15, 0.2) is 18.5 Å². The predicted molar refractivity (Wildman–Crippen MR) is 122 cm³/mol. The Morgan fingerprint density at radius 1 is 1.09 bits per heavy atom. The molecule has 0 aliphatic heterocycles. The number of fused-ring (bicyclic) bond motifs is 6. The van der Waals surface area contributed by atoms with Crippen LogP contribution in [0.1, 0.15) is 64.7 Å². The van der Waals surface area contributed by atoms with E-state index < -0.39 is 12.3 Å². The van der Waals surface area contributed by atoms with Crippen LogP contribution in [0, 0.1) is 40.9 Å². The summed E-state index contributed by atoms with van der Waals surface area (Å²) in [4.78, 5) is 19.1. The fourth-order valence-corrected chi connectivity index (χ4v) is 8.74. The largest absolute Gasteiger partial charge is 0.387 e. The van der Waals surface area contributed by atoms with Gasteiger partial charge in [-0.1, -0.05) is 6.92 Å². The summed E-state index contributed by atoms with van der Waals surface area (Å²) >= 11 is 0. The van der Waals surface area contributed by atoms with Crippen LogP contribution in [-0.2, 0) is 11.3 Å². The third-order valence-electron chi connectivity index (χ3n) is 10.3. The van der Waals surface area contributed by atoms with Gasteiger partial charge < -0.3 is 5.11 Å². The van der Waals surface area contributed by atoms with E-state index in [4.69, 9.17) is 0 Å². The van der Waals surface area contributed by atoms with Crippen molar-refractivity contribution in [1.29, 1.82) is 0 Å². The second-order valence-corrected chi connectivity index (χ2v) is 11.8. The second-order valence-electron chi connectivity index (χ2n) is 11.8. The van der Waals surface area contributed by atoms with Gasteiger partial charge in [0.25, 0.3) is 0 Å². The van der Waals surface area contributed by atoms with Crippen molar-refractivity contribution in [3.05, 3.63) is 18.5 Å². The Morgan fingerprint density at radius 3 is 2.73 bits per heavy atom. The number of Topliss-reactive ketones (excluding diaryl/α,β-unsaturated/α-hetero) is 1. The lowest BCUT2D eigenvalue weighted by atomic mass is 9.49. The van der Waals surface area contributed by atoms with Gasteiger partial charge in [-0.2, -0.15) is 15.0 Å².